The Morgan fingerprint density at radius 1 is 1.42 bits per heavy atom. The largest absolute Gasteiger partial charge is 0.459 e. The molecule has 1 saturated heterocycles. The second-order valence-electron chi connectivity index (χ2n) is 5.39. The minimum atomic E-state index is 0.0948. The molecule has 2 aromatic rings. The fourth-order valence-electron chi connectivity index (χ4n) is 2.30. The van der Waals surface area contributed by atoms with Gasteiger partial charge in [-0.2, -0.15) is 0 Å². The van der Waals surface area contributed by atoms with Gasteiger partial charge in [-0.1, -0.05) is 0 Å². The van der Waals surface area contributed by atoms with Crippen molar-refractivity contribution in [1.82, 2.24) is 20.4 Å². The number of furan rings is 1. The van der Waals surface area contributed by atoms with Gasteiger partial charge < -0.3 is 14.2 Å². The van der Waals surface area contributed by atoms with Crippen LogP contribution < -0.4 is 5.32 Å². The van der Waals surface area contributed by atoms with Crippen LogP contribution in [0, 0.1) is 0 Å². The predicted octanol–water partition coefficient (Wildman–Crippen LogP) is 1.51. The van der Waals surface area contributed by atoms with Gasteiger partial charge in [-0.05, 0) is 26.0 Å². The topological polar surface area (TPSA) is 67.3 Å². The summed E-state index contributed by atoms with van der Waals surface area (Å²) in [7, 11) is 0. The molecule has 19 heavy (non-hydrogen) atoms. The van der Waals surface area contributed by atoms with Gasteiger partial charge in [0.1, 0.15) is 0 Å². The van der Waals surface area contributed by atoms with Gasteiger partial charge in [-0.3, -0.25) is 4.90 Å². The molecule has 2 aromatic heterocycles. The Morgan fingerprint density at radius 2 is 2.32 bits per heavy atom. The molecular weight excluding hydrogens is 244 g/mol. The molecule has 1 N–H and O–H groups in total. The van der Waals surface area contributed by atoms with Crippen LogP contribution in [0.4, 0.5) is 0 Å². The molecular formula is C13H18N4O2. The van der Waals surface area contributed by atoms with Gasteiger partial charge >= 0.3 is 0 Å². The maximum atomic E-state index is 5.65. The summed E-state index contributed by atoms with van der Waals surface area (Å²) in [5.74, 6) is 1.67. The molecule has 0 aromatic carbocycles. The van der Waals surface area contributed by atoms with Crippen molar-refractivity contribution >= 4 is 0 Å². The van der Waals surface area contributed by atoms with Gasteiger partial charge in [0.2, 0.25) is 5.89 Å². The van der Waals surface area contributed by atoms with E-state index in [1.165, 1.54) is 0 Å². The third-order valence-corrected chi connectivity index (χ3v) is 3.50. The second-order valence-corrected chi connectivity index (χ2v) is 5.39. The molecule has 1 aliphatic heterocycles. The van der Waals surface area contributed by atoms with E-state index < -0.39 is 0 Å². The molecule has 0 bridgehead atoms. The summed E-state index contributed by atoms with van der Waals surface area (Å²) in [6.45, 7) is 8.02. The number of hydrogen-bond donors (Lipinski definition) is 1. The molecule has 0 atom stereocenters. The van der Waals surface area contributed by atoms with E-state index in [2.05, 4.69) is 34.3 Å². The summed E-state index contributed by atoms with van der Waals surface area (Å²) in [6.07, 6.45) is 1.60. The lowest BCUT2D eigenvalue weighted by Gasteiger charge is -2.42. The van der Waals surface area contributed by atoms with Gasteiger partial charge in [-0.15, -0.1) is 10.2 Å². The minimum Gasteiger partial charge on any atom is -0.459 e. The monoisotopic (exact) mass is 262 g/mol. The van der Waals surface area contributed by atoms with Crippen LogP contribution in [0.1, 0.15) is 19.7 Å². The van der Waals surface area contributed by atoms with Gasteiger partial charge in [0.25, 0.3) is 5.89 Å². The maximum Gasteiger partial charge on any atom is 0.283 e. The smallest absolute Gasteiger partial charge is 0.283 e. The number of aromatic nitrogens is 2. The molecule has 1 fully saturated rings. The average Bonchev–Trinajstić information content (AvgIpc) is 3.02. The van der Waals surface area contributed by atoms with E-state index in [4.69, 9.17) is 8.83 Å². The first-order valence-corrected chi connectivity index (χ1v) is 6.47. The Balaban J connectivity index is 1.73. The van der Waals surface area contributed by atoms with E-state index in [1.807, 2.05) is 6.07 Å². The number of piperazine rings is 1. The first-order chi connectivity index (χ1) is 9.15. The van der Waals surface area contributed by atoms with Crippen LogP contribution >= 0.6 is 0 Å². The molecule has 3 heterocycles. The van der Waals surface area contributed by atoms with Crippen LogP contribution in [0.15, 0.2) is 27.2 Å². The average molecular weight is 262 g/mol. The van der Waals surface area contributed by atoms with Crippen molar-refractivity contribution in [1.29, 1.82) is 0 Å². The second kappa shape index (κ2) is 4.79. The number of nitrogens with zero attached hydrogens (tertiary/aromatic N) is 3. The molecule has 6 heteroatoms. The third-order valence-electron chi connectivity index (χ3n) is 3.50. The summed E-state index contributed by atoms with van der Waals surface area (Å²) < 4.78 is 10.9. The Morgan fingerprint density at radius 3 is 3.05 bits per heavy atom. The van der Waals surface area contributed by atoms with Gasteiger partial charge in [0.05, 0.1) is 12.8 Å². The standard InChI is InChI=1S/C13H18N4O2/c1-13(2)9-14-5-6-17(13)8-11-15-16-12(19-11)10-4-3-7-18-10/h3-4,7,14H,5-6,8-9H2,1-2H3. The summed E-state index contributed by atoms with van der Waals surface area (Å²) in [4.78, 5) is 2.35. The molecule has 3 rings (SSSR count). The summed E-state index contributed by atoms with van der Waals surface area (Å²) >= 11 is 0. The van der Waals surface area contributed by atoms with Crippen molar-refractivity contribution in [3.63, 3.8) is 0 Å². The van der Waals surface area contributed by atoms with Gasteiger partial charge in [0, 0.05) is 25.2 Å². The summed E-state index contributed by atoms with van der Waals surface area (Å²) in [5, 5.41) is 11.5. The van der Waals surface area contributed by atoms with Crippen LogP contribution in [0.25, 0.3) is 11.7 Å². The fourth-order valence-corrected chi connectivity index (χ4v) is 2.30. The molecule has 0 aliphatic carbocycles. The first kappa shape index (κ1) is 12.4. The third kappa shape index (κ3) is 2.54. The molecule has 0 unspecified atom stereocenters. The van der Waals surface area contributed by atoms with Crippen molar-refractivity contribution in [3.8, 4) is 11.7 Å². The van der Waals surface area contributed by atoms with Crippen molar-refractivity contribution < 1.29 is 8.83 Å². The van der Waals surface area contributed by atoms with E-state index >= 15 is 0 Å². The molecule has 6 nitrogen and oxygen atoms in total. The van der Waals surface area contributed by atoms with Gasteiger partial charge in [-0.25, -0.2) is 0 Å². The minimum absolute atomic E-state index is 0.0948. The number of rotatable bonds is 3. The Bertz CT molecular complexity index is 533. The molecule has 1 aliphatic rings. The molecule has 102 valence electrons. The zero-order chi connectivity index (χ0) is 13.3. The lowest BCUT2D eigenvalue weighted by molar-refractivity contribution is 0.0736. The van der Waals surface area contributed by atoms with E-state index in [0.717, 1.165) is 19.6 Å². The SMILES string of the molecule is CC1(C)CNCCN1Cc1nnc(-c2ccco2)o1. The highest BCUT2D eigenvalue weighted by atomic mass is 16.4. The Labute approximate surface area is 111 Å². The van der Waals surface area contributed by atoms with E-state index in [9.17, 15) is 0 Å². The predicted molar refractivity (Wildman–Crippen MR) is 69.4 cm³/mol. The number of hydrogen-bond acceptors (Lipinski definition) is 6. The van der Waals surface area contributed by atoms with Crippen molar-refractivity contribution in [2.75, 3.05) is 19.6 Å². The maximum absolute atomic E-state index is 5.65. The van der Waals surface area contributed by atoms with Gasteiger partial charge in [0.15, 0.2) is 5.76 Å². The lowest BCUT2D eigenvalue weighted by Crippen LogP contribution is -2.57. The highest BCUT2D eigenvalue weighted by Gasteiger charge is 2.30. The molecule has 0 amide bonds. The van der Waals surface area contributed by atoms with E-state index in [0.29, 0.717) is 24.1 Å². The van der Waals surface area contributed by atoms with Crippen LogP contribution in [-0.4, -0.2) is 40.3 Å². The lowest BCUT2D eigenvalue weighted by atomic mass is 10.0. The fraction of sp³-hybridized carbons (Fsp3) is 0.538. The van der Waals surface area contributed by atoms with Crippen molar-refractivity contribution in [2.45, 2.75) is 25.9 Å². The zero-order valence-electron chi connectivity index (χ0n) is 11.2. The van der Waals surface area contributed by atoms with Crippen LogP contribution in [0.2, 0.25) is 0 Å². The summed E-state index contributed by atoms with van der Waals surface area (Å²) in [6, 6.07) is 3.62. The van der Waals surface area contributed by atoms with Crippen LogP contribution in [-0.2, 0) is 6.54 Å². The zero-order valence-corrected chi connectivity index (χ0v) is 11.2. The quantitative estimate of drug-likeness (QED) is 0.904. The van der Waals surface area contributed by atoms with Crippen molar-refractivity contribution in [3.05, 3.63) is 24.3 Å². The molecule has 0 saturated carbocycles. The number of nitrogens with one attached hydrogen (secondary N) is 1. The van der Waals surface area contributed by atoms with Crippen LogP contribution in [0.5, 0.6) is 0 Å². The molecule has 0 radical (unpaired) electrons. The highest BCUT2D eigenvalue weighted by Crippen LogP contribution is 2.22. The molecule has 0 spiro atoms. The van der Waals surface area contributed by atoms with Crippen molar-refractivity contribution in [2.24, 2.45) is 0 Å². The van der Waals surface area contributed by atoms with Crippen LogP contribution in [0.3, 0.4) is 0 Å². The Kier molecular flexibility index (Phi) is 3.12. The van der Waals surface area contributed by atoms with E-state index in [-0.39, 0.29) is 5.54 Å². The Hall–Kier alpha value is -1.66. The highest BCUT2D eigenvalue weighted by molar-refractivity contribution is 5.42. The summed E-state index contributed by atoms with van der Waals surface area (Å²) in [5.41, 5.74) is 0.0948. The normalized spacial score (nSPS) is 19.7. The van der Waals surface area contributed by atoms with E-state index in [1.54, 1.807) is 12.3 Å². The first-order valence-electron chi connectivity index (χ1n) is 6.47.